The average Bonchev–Trinajstić information content (AvgIpc) is 3.55. The minimum atomic E-state index is -0.148. The van der Waals surface area contributed by atoms with Crippen LogP contribution in [0.2, 0.25) is 0 Å². The van der Waals surface area contributed by atoms with Crippen molar-refractivity contribution in [1.29, 1.82) is 0 Å². The van der Waals surface area contributed by atoms with Crippen LogP contribution in [-0.2, 0) is 6.54 Å². The summed E-state index contributed by atoms with van der Waals surface area (Å²) in [5.41, 5.74) is 3.47. The zero-order valence-electron chi connectivity index (χ0n) is 21.2. The maximum Gasteiger partial charge on any atom is 0.255 e. The number of aliphatic hydroxyl groups is 1. The van der Waals surface area contributed by atoms with Gasteiger partial charge in [-0.05, 0) is 25.1 Å². The highest BCUT2D eigenvalue weighted by atomic mass is 32.1. The van der Waals surface area contributed by atoms with Gasteiger partial charge in [0.2, 0.25) is 0 Å². The number of aromatic nitrogens is 2. The first kappa shape index (κ1) is 24.9. The number of hydrogen-bond donors (Lipinski definition) is 2. The number of rotatable bonds is 7. The number of thiazole rings is 1. The molecule has 9 heteroatoms. The van der Waals surface area contributed by atoms with Crippen LogP contribution < -0.4 is 10.2 Å². The van der Waals surface area contributed by atoms with Crippen molar-refractivity contribution in [3.8, 4) is 11.3 Å². The molecule has 38 heavy (non-hydrogen) atoms. The third-order valence-corrected chi connectivity index (χ3v) is 9.14. The Morgan fingerprint density at radius 1 is 1.00 bits per heavy atom. The Morgan fingerprint density at radius 3 is 2.61 bits per heavy atom. The van der Waals surface area contributed by atoms with E-state index in [1.54, 1.807) is 22.7 Å². The first-order valence-corrected chi connectivity index (χ1v) is 14.5. The van der Waals surface area contributed by atoms with Crippen LogP contribution in [0.1, 0.15) is 21.1 Å². The quantitative estimate of drug-likeness (QED) is 0.303. The van der Waals surface area contributed by atoms with Gasteiger partial charge in [-0.3, -0.25) is 9.69 Å². The van der Waals surface area contributed by atoms with Gasteiger partial charge in [0, 0.05) is 69.5 Å². The summed E-state index contributed by atoms with van der Waals surface area (Å²) in [5, 5.41) is 17.7. The molecule has 2 aromatic carbocycles. The van der Waals surface area contributed by atoms with Crippen molar-refractivity contribution in [3.05, 3.63) is 76.2 Å². The van der Waals surface area contributed by atoms with Gasteiger partial charge in [-0.15, -0.1) is 22.7 Å². The fraction of sp³-hybridized carbons (Fsp3) is 0.276. The second kappa shape index (κ2) is 10.8. The lowest BCUT2D eigenvalue weighted by molar-refractivity contribution is 0.0951. The van der Waals surface area contributed by atoms with E-state index in [1.165, 1.54) is 20.2 Å². The minimum absolute atomic E-state index is 0.148. The van der Waals surface area contributed by atoms with Crippen molar-refractivity contribution in [2.75, 3.05) is 44.2 Å². The van der Waals surface area contributed by atoms with Crippen molar-refractivity contribution >= 4 is 54.6 Å². The van der Waals surface area contributed by atoms with Gasteiger partial charge >= 0.3 is 0 Å². The number of carbonyl (C=O) groups excluding carboxylic acids is 1. The Hall–Kier alpha value is -3.37. The van der Waals surface area contributed by atoms with E-state index in [9.17, 15) is 9.90 Å². The van der Waals surface area contributed by atoms with Crippen LogP contribution in [-0.4, -0.2) is 65.2 Å². The maximum absolute atomic E-state index is 13.4. The summed E-state index contributed by atoms with van der Waals surface area (Å²) < 4.78 is 2.46. The zero-order valence-corrected chi connectivity index (χ0v) is 22.8. The summed E-state index contributed by atoms with van der Waals surface area (Å²) in [4.78, 5) is 27.4. The number of thiophene rings is 1. The van der Waals surface area contributed by atoms with Crippen molar-refractivity contribution < 1.29 is 9.90 Å². The Labute approximate surface area is 229 Å². The SMILES string of the molecule is Cc1csc(CNC(=O)c2ccc(-c3cccc4c3sc3ccccc34)nc2N2CCN(CCO)CC2)n1. The van der Waals surface area contributed by atoms with Gasteiger partial charge in [0.1, 0.15) is 10.8 Å². The normalized spacial score (nSPS) is 14.4. The number of amides is 1. The molecule has 7 nitrogen and oxygen atoms in total. The number of anilines is 1. The predicted molar refractivity (Wildman–Crippen MR) is 156 cm³/mol. The van der Waals surface area contributed by atoms with E-state index in [1.807, 2.05) is 24.4 Å². The molecule has 1 saturated heterocycles. The largest absolute Gasteiger partial charge is 0.395 e. The molecular weight excluding hydrogens is 514 g/mol. The molecule has 1 amide bonds. The summed E-state index contributed by atoms with van der Waals surface area (Å²) in [6.45, 7) is 6.28. The molecule has 1 fully saturated rings. The monoisotopic (exact) mass is 543 g/mol. The van der Waals surface area contributed by atoms with E-state index < -0.39 is 0 Å². The lowest BCUT2D eigenvalue weighted by Gasteiger charge is -2.36. The van der Waals surface area contributed by atoms with Crippen LogP contribution in [0.5, 0.6) is 0 Å². The highest BCUT2D eigenvalue weighted by Crippen LogP contribution is 2.39. The van der Waals surface area contributed by atoms with Crippen LogP contribution >= 0.6 is 22.7 Å². The fourth-order valence-corrected chi connectivity index (χ4v) is 6.96. The van der Waals surface area contributed by atoms with Gasteiger partial charge in [-0.1, -0.05) is 36.4 Å². The molecule has 3 aromatic heterocycles. The first-order chi connectivity index (χ1) is 18.6. The molecule has 0 saturated carbocycles. The number of nitrogens with one attached hydrogen (secondary N) is 1. The molecule has 0 atom stereocenters. The molecule has 5 aromatic rings. The van der Waals surface area contributed by atoms with E-state index in [2.05, 4.69) is 62.6 Å². The molecule has 2 N–H and O–H groups in total. The van der Waals surface area contributed by atoms with Gasteiger partial charge in [0.05, 0.1) is 24.4 Å². The summed E-state index contributed by atoms with van der Waals surface area (Å²) in [6, 6.07) is 18.7. The number of hydrogen-bond acceptors (Lipinski definition) is 8. The van der Waals surface area contributed by atoms with Gasteiger partial charge in [-0.2, -0.15) is 0 Å². The van der Waals surface area contributed by atoms with Crippen LogP contribution in [0.4, 0.5) is 5.82 Å². The zero-order chi connectivity index (χ0) is 26.1. The van der Waals surface area contributed by atoms with E-state index >= 15 is 0 Å². The number of aliphatic hydroxyl groups excluding tert-OH is 1. The highest BCUT2D eigenvalue weighted by Gasteiger charge is 2.24. The number of pyridine rings is 1. The van der Waals surface area contributed by atoms with E-state index in [0.717, 1.165) is 48.1 Å². The van der Waals surface area contributed by atoms with Crippen LogP contribution in [0.15, 0.2) is 60.0 Å². The highest BCUT2D eigenvalue weighted by molar-refractivity contribution is 7.26. The number of nitrogens with zero attached hydrogens (tertiary/aromatic N) is 4. The second-order valence-electron chi connectivity index (χ2n) is 9.47. The average molecular weight is 544 g/mol. The van der Waals surface area contributed by atoms with Gasteiger partial charge in [0.25, 0.3) is 5.91 Å². The first-order valence-electron chi connectivity index (χ1n) is 12.8. The Bertz CT molecular complexity index is 1600. The number of piperazine rings is 1. The number of β-amino-alcohol motifs (C(OH)–C–C–N with tert-alkyl or cyclic N) is 1. The Kier molecular flexibility index (Phi) is 7.08. The topological polar surface area (TPSA) is 81.6 Å². The molecule has 0 radical (unpaired) electrons. The molecular formula is C29H29N5O2S2. The van der Waals surface area contributed by atoms with Crippen molar-refractivity contribution in [2.24, 2.45) is 0 Å². The van der Waals surface area contributed by atoms with E-state index in [0.29, 0.717) is 24.5 Å². The second-order valence-corrected chi connectivity index (χ2v) is 11.5. The molecule has 1 aliphatic heterocycles. The predicted octanol–water partition coefficient (Wildman–Crippen LogP) is 4.93. The van der Waals surface area contributed by atoms with Gasteiger partial charge < -0.3 is 15.3 Å². The van der Waals surface area contributed by atoms with Gasteiger partial charge in [0.15, 0.2) is 0 Å². The Balaban J connectivity index is 1.37. The molecule has 4 heterocycles. The van der Waals surface area contributed by atoms with Crippen LogP contribution in [0.3, 0.4) is 0 Å². The summed E-state index contributed by atoms with van der Waals surface area (Å²) in [5.74, 6) is 0.557. The molecule has 194 valence electrons. The number of benzene rings is 2. The lowest BCUT2D eigenvalue weighted by atomic mass is 10.1. The molecule has 6 rings (SSSR count). The molecule has 0 aliphatic carbocycles. The van der Waals surface area contributed by atoms with Crippen molar-refractivity contribution in [1.82, 2.24) is 20.2 Å². The lowest BCUT2D eigenvalue weighted by Crippen LogP contribution is -2.48. The number of fused-ring (bicyclic) bond motifs is 3. The third kappa shape index (κ3) is 4.90. The molecule has 0 bridgehead atoms. The van der Waals surface area contributed by atoms with E-state index in [-0.39, 0.29) is 12.5 Å². The van der Waals surface area contributed by atoms with Crippen LogP contribution in [0, 0.1) is 6.92 Å². The smallest absolute Gasteiger partial charge is 0.255 e. The maximum atomic E-state index is 13.4. The van der Waals surface area contributed by atoms with E-state index in [4.69, 9.17) is 4.98 Å². The van der Waals surface area contributed by atoms with Crippen molar-refractivity contribution in [2.45, 2.75) is 13.5 Å². The third-order valence-electron chi connectivity index (χ3n) is 6.95. The number of aryl methyl sites for hydroxylation is 1. The van der Waals surface area contributed by atoms with Crippen LogP contribution in [0.25, 0.3) is 31.4 Å². The molecule has 0 spiro atoms. The minimum Gasteiger partial charge on any atom is -0.395 e. The molecule has 0 unspecified atom stereocenters. The summed E-state index contributed by atoms with van der Waals surface area (Å²) in [6.07, 6.45) is 0. The number of carbonyl (C=O) groups is 1. The Morgan fingerprint density at radius 2 is 1.82 bits per heavy atom. The molecule has 1 aliphatic rings. The fourth-order valence-electron chi connectivity index (χ4n) is 5.03. The van der Waals surface area contributed by atoms with Crippen molar-refractivity contribution in [3.63, 3.8) is 0 Å². The standard InChI is InChI=1S/C29H29N5O2S2/c1-19-18-37-26(31-19)17-30-29(36)23-9-10-24(32-28(23)34-13-11-33(12-14-34)15-16-35)22-7-4-6-21-20-5-2-3-8-25(20)38-27(21)22/h2-10,18,35H,11-17H2,1H3,(H,30,36). The summed E-state index contributed by atoms with van der Waals surface area (Å²) >= 11 is 3.33. The van der Waals surface area contributed by atoms with Gasteiger partial charge in [-0.25, -0.2) is 9.97 Å². The summed E-state index contributed by atoms with van der Waals surface area (Å²) in [7, 11) is 0.